The molecule has 23 heavy (non-hydrogen) atoms. The van der Waals surface area contributed by atoms with Crippen molar-refractivity contribution in [2.75, 3.05) is 38.2 Å². The van der Waals surface area contributed by atoms with Gasteiger partial charge in [0.1, 0.15) is 0 Å². The maximum Gasteiger partial charge on any atom is 0.232 e. The van der Waals surface area contributed by atoms with E-state index in [0.29, 0.717) is 25.3 Å². The number of fused-ring (bicyclic) bond motifs is 1. The molecule has 0 radical (unpaired) electrons. The molecule has 3 heterocycles. The first-order chi connectivity index (χ1) is 11.1. The van der Waals surface area contributed by atoms with Crippen LogP contribution in [0.4, 0.5) is 0 Å². The second-order valence-corrected chi connectivity index (χ2v) is 7.54. The molecule has 1 amide bonds. The van der Waals surface area contributed by atoms with Crippen molar-refractivity contribution < 1.29 is 9.90 Å². The van der Waals surface area contributed by atoms with Crippen LogP contribution in [-0.2, 0) is 11.3 Å². The van der Waals surface area contributed by atoms with Gasteiger partial charge >= 0.3 is 0 Å². The number of nitrogens with zero attached hydrogens (tertiary/aromatic N) is 3. The lowest BCUT2D eigenvalue weighted by atomic mass is 9.75. The molecule has 1 aromatic heterocycles. The number of carbonyl (C=O) groups is 1. The molecular weight excluding hydrogens is 310 g/mol. The predicted octanol–water partition coefficient (Wildman–Crippen LogP) is 1.23. The van der Waals surface area contributed by atoms with E-state index in [1.165, 1.54) is 5.56 Å². The van der Waals surface area contributed by atoms with Crippen molar-refractivity contribution in [3.8, 4) is 0 Å². The van der Waals surface area contributed by atoms with Crippen LogP contribution in [0.25, 0.3) is 0 Å². The maximum atomic E-state index is 12.2. The van der Waals surface area contributed by atoms with Crippen LogP contribution in [0.1, 0.15) is 18.4 Å². The number of pyridine rings is 1. The van der Waals surface area contributed by atoms with Crippen molar-refractivity contribution in [1.29, 1.82) is 0 Å². The van der Waals surface area contributed by atoms with Crippen molar-refractivity contribution in [2.45, 2.75) is 25.0 Å². The van der Waals surface area contributed by atoms with Gasteiger partial charge in [0.15, 0.2) is 0 Å². The van der Waals surface area contributed by atoms with Crippen LogP contribution in [0.3, 0.4) is 0 Å². The smallest absolute Gasteiger partial charge is 0.232 e. The molecule has 0 spiro atoms. The van der Waals surface area contributed by atoms with Gasteiger partial charge in [0, 0.05) is 51.0 Å². The topological polar surface area (TPSA) is 56.7 Å². The van der Waals surface area contributed by atoms with Gasteiger partial charge in [0.2, 0.25) is 5.91 Å². The first-order valence-corrected chi connectivity index (χ1v) is 9.60. The second kappa shape index (κ2) is 7.20. The number of thioether (sulfide) groups is 1. The number of aliphatic hydroxyl groups is 1. The number of carbonyl (C=O) groups excluding carboxylic acids is 1. The SMILES string of the molecule is CSCC(=O)N1CC[C@@]2(O)CCN(Cc3cccnc3)C[C@H]2C1. The molecule has 0 aliphatic carbocycles. The number of piperidine rings is 2. The third kappa shape index (κ3) is 3.87. The fourth-order valence-corrected chi connectivity index (χ4v) is 4.14. The third-order valence-electron chi connectivity index (χ3n) is 5.10. The molecule has 126 valence electrons. The molecule has 0 aromatic carbocycles. The number of aromatic nitrogens is 1. The number of rotatable bonds is 4. The Balaban J connectivity index is 1.63. The largest absolute Gasteiger partial charge is 0.389 e. The van der Waals surface area contributed by atoms with Crippen LogP contribution in [0.2, 0.25) is 0 Å². The summed E-state index contributed by atoms with van der Waals surface area (Å²) in [5.74, 6) is 0.876. The van der Waals surface area contributed by atoms with Crippen molar-refractivity contribution in [3.63, 3.8) is 0 Å². The highest BCUT2D eigenvalue weighted by atomic mass is 32.2. The van der Waals surface area contributed by atoms with E-state index in [1.807, 2.05) is 23.4 Å². The third-order valence-corrected chi connectivity index (χ3v) is 5.64. The molecule has 0 unspecified atom stereocenters. The Morgan fingerprint density at radius 3 is 3.00 bits per heavy atom. The Morgan fingerprint density at radius 2 is 2.26 bits per heavy atom. The summed E-state index contributed by atoms with van der Waals surface area (Å²) in [5, 5.41) is 10.9. The molecule has 0 bridgehead atoms. The standard InChI is InChI=1S/C17H25N3O2S/c1-23-13-16(21)20-8-5-17(22)4-7-19(11-15(17)12-20)10-14-3-2-6-18-9-14/h2-3,6,9,15,22H,4-5,7-8,10-13H2,1H3/t15-,17-/m0/s1. The number of hydrogen-bond donors (Lipinski definition) is 1. The summed E-state index contributed by atoms with van der Waals surface area (Å²) >= 11 is 1.56. The van der Waals surface area contributed by atoms with Gasteiger partial charge in [-0.25, -0.2) is 0 Å². The average Bonchev–Trinajstić information content (AvgIpc) is 2.56. The van der Waals surface area contributed by atoms with Gasteiger partial charge in [-0.1, -0.05) is 6.07 Å². The van der Waals surface area contributed by atoms with Gasteiger partial charge < -0.3 is 10.0 Å². The van der Waals surface area contributed by atoms with Crippen LogP contribution in [0, 0.1) is 5.92 Å². The minimum atomic E-state index is -0.596. The van der Waals surface area contributed by atoms with Crippen molar-refractivity contribution in [1.82, 2.24) is 14.8 Å². The second-order valence-electron chi connectivity index (χ2n) is 6.67. The summed E-state index contributed by atoms with van der Waals surface area (Å²) in [5.41, 5.74) is 0.603. The maximum absolute atomic E-state index is 12.2. The summed E-state index contributed by atoms with van der Waals surface area (Å²) in [7, 11) is 0. The first-order valence-electron chi connectivity index (χ1n) is 8.21. The molecule has 1 aromatic rings. The Kier molecular flexibility index (Phi) is 5.24. The van der Waals surface area contributed by atoms with Gasteiger partial charge in [0.25, 0.3) is 0 Å². The predicted molar refractivity (Wildman–Crippen MR) is 92.1 cm³/mol. The van der Waals surface area contributed by atoms with E-state index >= 15 is 0 Å². The minimum Gasteiger partial charge on any atom is -0.389 e. The molecule has 2 aliphatic rings. The lowest BCUT2D eigenvalue weighted by Gasteiger charge is -2.50. The lowest BCUT2D eigenvalue weighted by molar-refractivity contribution is -0.144. The van der Waals surface area contributed by atoms with Crippen LogP contribution < -0.4 is 0 Å². The summed E-state index contributed by atoms with van der Waals surface area (Å²) < 4.78 is 0. The van der Waals surface area contributed by atoms with E-state index in [2.05, 4.69) is 16.0 Å². The molecule has 1 N–H and O–H groups in total. The molecule has 3 rings (SSSR count). The van der Waals surface area contributed by atoms with Crippen molar-refractivity contribution >= 4 is 17.7 Å². The molecule has 2 atom stereocenters. The molecule has 0 saturated carbocycles. The van der Waals surface area contributed by atoms with Crippen LogP contribution in [0.5, 0.6) is 0 Å². The van der Waals surface area contributed by atoms with Gasteiger partial charge in [-0.05, 0) is 30.7 Å². The molecule has 2 aliphatic heterocycles. The molecule has 2 saturated heterocycles. The van der Waals surface area contributed by atoms with Crippen LogP contribution >= 0.6 is 11.8 Å². The molecule has 2 fully saturated rings. The van der Waals surface area contributed by atoms with Gasteiger partial charge in [0.05, 0.1) is 11.4 Å². The van der Waals surface area contributed by atoms with Crippen molar-refractivity contribution in [2.24, 2.45) is 5.92 Å². The van der Waals surface area contributed by atoms with E-state index in [9.17, 15) is 9.90 Å². The monoisotopic (exact) mass is 335 g/mol. The summed E-state index contributed by atoms with van der Waals surface area (Å²) in [4.78, 5) is 20.6. The zero-order valence-electron chi connectivity index (χ0n) is 13.6. The lowest BCUT2D eigenvalue weighted by Crippen LogP contribution is -2.60. The van der Waals surface area contributed by atoms with Gasteiger partial charge in [-0.3, -0.25) is 14.7 Å². The zero-order chi connectivity index (χ0) is 16.3. The minimum absolute atomic E-state index is 0.146. The Hall–Kier alpha value is -1.11. The highest BCUT2D eigenvalue weighted by Gasteiger charge is 2.45. The van der Waals surface area contributed by atoms with Gasteiger partial charge in [-0.2, -0.15) is 11.8 Å². The number of amides is 1. The molecular formula is C17H25N3O2S. The van der Waals surface area contributed by atoms with E-state index in [4.69, 9.17) is 0 Å². The van der Waals surface area contributed by atoms with E-state index in [1.54, 1.807) is 18.0 Å². The summed E-state index contributed by atoms with van der Waals surface area (Å²) in [6.07, 6.45) is 7.14. The highest BCUT2D eigenvalue weighted by molar-refractivity contribution is 7.99. The van der Waals surface area contributed by atoms with Crippen LogP contribution in [-0.4, -0.2) is 69.6 Å². The normalized spacial score (nSPS) is 28.4. The summed E-state index contributed by atoms with van der Waals surface area (Å²) in [6.45, 7) is 3.97. The fourth-order valence-electron chi connectivity index (χ4n) is 3.71. The fraction of sp³-hybridized carbons (Fsp3) is 0.647. The molecule has 6 heteroatoms. The first kappa shape index (κ1) is 16.7. The highest BCUT2D eigenvalue weighted by Crippen LogP contribution is 2.36. The quantitative estimate of drug-likeness (QED) is 0.897. The van der Waals surface area contributed by atoms with E-state index in [-0.39, 0.29) is 11.8 Å². The van der Waals surface area contributed by atoms with Gasteiger partial charge in [-0.15, -0.1) is 0 Å². The Morgan fingerprint density at radius 1 is 1.43 bits per heavy atom. The summed E-state index contributed by atoms with van der Waals surface area (Å²) in [6, 6.07) is 4.04. The number of likely N-dealkylation sites (tertiary alicyclic amines) is 2. The van der Waals surface area contributed by atoms with E-state index in [0.717, 1.165) is 26.1 Å². The van der Waals surface area contributed by atoms with Crippen LogP contribution in [0.15, 0.2) is 24.5 Å². The Labute approximate surface area is 142 Å². The average molecular weight is 335 g/mol. The molecule has 5 nitrogen and oxygen atoms in total. The van der Waals surface area contributed by atoms with Crippen molar-refractivity contribution in [3.05, 3.63) is 30.1 Å². The Bertz CT molecular complexity index is 542. The van der Waals surface area contributed by atoms with E-state index < -0.39 is 5.60 Å². The zero-order valence-corrected chi connectivity index (χ0v) is 14.5. The number of hydrogen-bond acceptors (Lipinski definition) is 5.